The van der Waals surface area contributed by atoms with Crippen molar-refractivity contribution in [3.63, 3.8) is 0 Å². The van der Waals surface area contributed by atoms with Crippen molar-refractivity contribution in [2.24, 2.45) is 5.73 Å². The van der Waals surface area contributed by atoms with Crippen LogP contribution >= 0.6 is 0 Å². The lowest BCUT2D eigenvalue weighted by Crippen LogP contribution is -2.53. The molecule has 2 heterocycles. The number of amides is 1. The van der Waals surface area contributed by atoms with Gasteiger partial charge in [0.2, 0.25) is 11.9 Å². The zero-order valence-corrected chi connectivity index (χ0v) is 11.7. The third-order valence-corrected chi connectivity index (χ3v) is 3.38. The number of piperazine rings is 1. The van der Waals surface area contributed by atoms with Gasteiger partial charge in [0.25, 0.3) is 0 Å². The monoisotopic (exact) mass is 279 g/mol. The number of aromatic nitrogens is 2. The van der Waals surface area contributed by atoms with Crippen LogP contribution in [0.25, 0.3) is 0 Å². The normalized spacial score (nSPS) is 17.1. The maximum Gasteiger partial charge on any atom is 0.239 e. The molecule has 1 saturated heterocycles. The topological polar surface area (TPSA) is 84.6 Å². The second kappa shape index (κ2) is 7.16. The van der Waals surface area contributed by atoms with E-state index in [2.05, 4.69) is 14.9 Å². The fourth-order valence-electron chi connectivity index (χ4n) is 2.18. The molecule has 110 valence electrons. The quantitative estimate of drug-likeness (QED) is 0.781. The summed E-state index contributed by atoms with van der Waals surface area (Å²) in [6.07, 6.45) is 4.00. The van der Waals surface area contributed by atoms with E-state index in [1.54, 1.807) is 30.5 Å². The Morgan fingerprint density at radius 2 is 2.00 bits per heavy atom. The minimum atomic E-state index is -0.477. The largest absolute Gasteiger partial charge is 0.385 e. The summed E-state index contributed by atoms with van der Waals surface area (Å²) in [5.74, 6) is 0.707. The minimum absolute atomic E-state index is 0.00400. The van der Waals surface area contributed by atoms with Crippen LogP contribution in [0.4, 0.5) is 5.95 Å². The van der Waals surface area contributed by atoms with Gasteiger partial charge >= 0.3 is 0 Å². The molecule has 1 aliphatic rings. The molecular weight excluding hydrogens is 258 g/mol. The molecular formula is C13H21N5O2. The van der Waals surface area contributed by atoms with E-state index in [4.69, 9.17) is 10.5 Å². The summed E-state index contributed by atoms with van der Waals surface area (Å²) in [6, 6.07) is 1.31. The summed E-state index contributed by atoms with van der Waals surface area (Å²) in [5.41, 5.74) is 5.87. The Morgan fingerprint density at radius 1 is 1.35 bits per heavy atom. The predicted octanol–water partition coefficient (Wildman–Crippen LogP) is -0.511. The zero-order valence-electron chi connectivity index (χ0n) is 11.7. The van der Waals surface area contributed by atoms with Gasteiger partial charge in [-0.2, -0.15) is 0 Å². The van der Waals surface area contributed by atoms with Gasteiger partial charge < -0.3 is 20.3 Å². The van der Waals surface area contributed by atoms with Gasteiger partial charge in [0, 0.05) is 52.3 Å². The lowest BCUT2D eigenvalue weighted by molar-refractivity contribution is -0.133. The Kier molecular flexibility index (Phi) is 5.25. The smallest absolute Gasteiger partial charge is 0.239 e. The molecule has 1 aromatic heterocycles. The van der Waals surface area contributed by atoms with E-state index in [1.807, 2.05) is 0 Å². The van der Waals surface area contributed by atoms with Crippen LogP contribution in [0.1, 0.15) is 6.42 Å². The lowest BCUT2D eigenvalue weighted by atomic mass is 10.2. The van der Waals surface area contributed by atoms with Crippen LogP contribution in [0, 0.1) is 0 Å². The van der Waals surface area contributed by atoms with E-state index >= 15 is 0 Å². The van der Waals surface area contributed by atoms with Crippen LogP contribution in [0.3, 0.4) is 0 Å². The third-order valence-electron chi connectivity index (χ3n) is 3.38. The van der Waals surface area contributed by atoms with Crippen LogP contribution in [0.5, 0.6) is 0 Å². The van der Waals surface area contributed by atoms with E-state index < -0.39 is 6.04 Å². The fraction of sp³-hybridized carbons (Fsp3) is 0.615. The molecule has 1 fully saturated rings. The molecule has 0 aromatic carbocycles. The second-order valence-corrected chi connectivity index (χ2v) is 4.75. The maximum absolute atomic E-state index is 12.1. The number of anilines is 1. The molecule has 0 aliphatic carbocycles. The molecule has 2 rings (SSSR count). The Hall–Kier alpha value is -1.73. The zero-order chi connectivity index (χ0) is 14.4. The first-order valence-corrected chi connectivity index (χ1v) is 6.77. The summed E-state index contributed by atoms with van der Waals surface area (Å²) >= 11 is 0. The molecule has 1 unspecified atom stereocenters. The molecule has 1 atom stereocenters. The average Bonchev–Trinajstić information content (AvgIpc) is 2.53. The van der Waals surface area contributed by atoms with Crippen molar-refractivity contribution < 1.29 is 9.53 Å². The summed E-state index contributed by atoms with van der Waals surface area (Å²) in [5, 5.41) is 0. The van der Waals surface area contributed by atoms with Gasteiger partial charge in [-0.1, -0.05) is 0 Å². The minimum Gasteiger partial charge on any atom is -0.385 e. The van der Waals surface area contributed by atoms with E-state index in [1.165, 1.54) is 0 Å². The van der Waals surface area contributed by atoms with Crippen molar-refractivity contribution in [3.8, 4) is 0 Å². The summed E-state index contributed by atoms with van der Waals surface area (Å²) < 4.78 is 4.95. The highest BCUT2D eigenvalue weighted by Crippen LogP contribution is 2.10. The lowest BCUT2D eigenvalue weighted by Gasteiger charge is -2.35. The Labute approximate surface area is 118 Å². The van der Waals surface area contributed by atoms with Gasteiger partial charge in [-0.3, -0.25) is 4.79 Å². The molecule has 2 N–H and O–H groups in total. The Morgan fingerprint density at radius 3 is 2.60 bits per heavy atom. The van der Waals surface area contributed by atoms with Crippen LogP contribution in [0.2, 0.25) is 0 Å². The molecule has 1 aromatic rings. The highest BCUT2D eigenvalue weighted by Gasteiger charge is 2.25. The van der Waals surface area contributed by atoms with Crippen molar-refractivity contribution >= 4 is 11.9 Å². The number of rotatable bonds is 5. The molecule has 0 radical (unpaired) electrons. The summed E-state index contributed by atoms with van der Waals surface area (Å²) in [4.78, 5) is 24.5. The van der Waals surface area contributed by atoms with Crippen LogP contribution in [-0.2, 0) is 9.53 Å². The first kappa shape index (κ1) is 14.7. The number of nitrogens with zero attached hydrogens (tertiary/aromatic N) is 4. The van der Waals surface area contributed by atoms with Gasteiger partial charge in [0.05, 0.1) is 6.04 Å². The fourth-order valence-corrected chi connectivity index (χ4v) is 2.18. The first-order valence-electron chi connectivity index (χ1n) is 6.77. The Bertz CT molecular complexity index is 420. The van der Waals surface area contributed by atoms with Crippen LogP contribution < -0.4 is 10.6 Å². The molecule has 1 amide bonds. The van der Waals surface area contributed by atoms with Crippen LogP contribution in [0.15, 0.2) is 18.5 Å². The van der Waals surface area contributed by atoms with Crippen molar-refractivity contribution in [3.05, 3.63) is 18.5 Å². The number of hydrogen-bond acceptors (Lipinski definition) is 6. The molecule has 7 heteroatoms. The van der Waals surface area contributed by atoms with E-state index in [9.17, 15) is 4.79 Å². The Balaban J connectivity index is 1.83. The van der Waals surface area contributed by atoms with Gasteiger partial charge in [0.1, 0.15) is 0 Å². The highest BCUT2D eigenvalue weighted by molar-refractivity contribution is 5.81. The van der Waals surface area contributed by atoms with Crippen molar-refractivity contribution in [1.82, 2.24) is 14.9 Å². The predicted molar refractivity (Wildman–Crippen MR) is 75.3 cm³/mol. The molecule has 20 heavy (non-hydrogen) atoms. The second-order valence-electron chi connectivity index (χ2n) is 4.75. The van der Waals surface area contributed by atoms with Gasteiger partial charge in [-0.25, -0.2) is 9.97 Å². The number of carbonyl (C=O) groups is 1. The van der Waals surface area contributed by atoms with Crippen molar-refractivity contribution in [2.45, 2.75) is 12.5 Å². The molecule has 0 bridgehead atoms. The maximum atomic E-state index is 12.1. The number of hydrogen-bond donors (Lipinski definition) is 1. The van der Waals surface area contributed by atoms with Crippen molar-refractivity contribution in [2.75, 3.05) is 44.8 Å². The molecule has 7 nitrogen and oxygen atoms in total. The van der Waals surface area contributed by atoms with Crippen LogP contribution in [-0.4, -0.2) is 66.7 Å². The third kappa shape index (κ3) is 3.64. The summed E-state index contributed by atoms with van der Waals surface area (Å²) in [7, 11) is 1.61. The first-order chi connectivity index (χ1) is 9.72. The number of nitrogens with two attached hydrogens (primary N) is 1. The SMILES string of the molecule is COCCC(N)C(=O)N1CCN(c2ncccn2)CC1. The molecule has 1 aliphatic heterocycles. The van der Waals surface area contributed by atoms with Gasteiger partial charge in [-0.15, -0.1) is 0 Å². The standard InChI is InChI=1S/C13H21N5O2/c1-20-10-3-11(14)12(19)17-6-8-18(9-7-17)13-15-4-2-5-16-13/h2,4-5,11H,3,6-10,14H2,1H3. The summed E-state index contributed by atoms with van der Waals surface area (Å²) in [6.45, 7) is 3.26. The average molecular weight is 279 g/mol. The molecule has 0 saturated carbocycles. The van der Waals surface area contributed by atoms with E-state index in [0.29, 0.717) is 32.1 Å². The number of ether oxygens (including phenoxy) is 1. The molecule has 0 spiro atoms. The van der Waals surface area contributed by atoms with Gasteiger partial charge in [-0.05, 0) is 12.5 Å². The van der Waals surface area contributed by atoms with Gasteiger partial charge in [0.15, 0.2) is 0 Å². The van der Waals surface area contributed by atoms with E-state index in [-0.39, 0.29) is 5.91 Å². The van der Waals surface area contributed by atoms with Crippen molar-refractivity contribution in [1.29, 1.82) is 0 Å². The highest BCUT2D eigenvalue weighted by atomic mass is 16.5. The number of methoxy groups -OCH3 is 1. The number of carbonyl (C=O) groups excluding carboxylic acids is 1. The van der Waals surface area contributed by atoms with E-state index in [0.717, 1.165) is 13.1 Å².